The number of aromatic nitrogens is 1. The molecule has 0 aliphatic heterocycles. The Labute approximate surface area is 174 Å². The maximum absolute atomic E-state index is 12.4. The predicted molar refractivity (Wildman–Crippen MR) is 113 cm³/mol. The normalized spacial score (nSPS) is 15.3. The van der Waals surface area contributed by atoms with Crippen LogP contribution in [-0.4, -0.2) is 22.2 Å². The third-order valence-electron chi connectivity index (χ3n) is 5.04. The van der Waals surface area contributed by atoms with Crippen molar-refractivity contribution in [1.29, 1.82) is 5.26 Å². The molecule has 0 saturated heterocycles. The zero-order valence-electron chi connectivity index (χ0n) is 16.1. The Balaban J connectivity index is 1.53. The molecule has 6 heteroatoms. The third kappa shape index (κ3) is 4.36. The van der Waals surface area contributed by atoms with Crippen LogP contribution in [0.3, 0.4) is 0 Å². The van der Waals surface area contributed by atoms with Crippen molar-refractivity contribution in [2.24, 2.45) is 5.92 Å². The lowest BCUT2D eigenvalue weighted by molar-refractivity contribution is -0.119. The molecule has 5 nitrogen and oxygen atoms in total. The van der Waals surface area contributed by atoms with Gasteiger partial charge in [-0.3, -0.25) is 4.79 Å². The molecule has 1 N–H and O–H groups in total. The highest BCUT2D eigenvalue weighted by atomic mass is 32.2. The Morgan fingerprint density at radius 2 is 1.79 bits per heavy atom. The topological polar surface area (TPSA) is 78.9 Å². The number of rotatable bonds is 7. The maximum atomic E-state index is 12.4. The van der Waals surface area contributed by atoms with Crippen molar-refractivity contribution in [1.82, 2.24) is 10.3 Å². The van der Waals surface area contributed by atoms with Gasteiger partial charge in [0.15, 0.2) is 5.76 Å². The van der Waals surface area contributed by atoms with Gasteiger partial charge in [0.05, 0.1) is 11.8 Å². The molecule has 29 heavy (non-hydrogen) atoms. The number of nitrogens with one attached hydrogen (secondary N) is 1. The Kier molecular flexibility index (Phi) is 5.41. The first kappa shape index (κ1) is 19.3. The van der Waals surface area contributed by atoms with Crippen molar-refractivity contribution < 1.29 is 9.21 Å². The lowest BCUT2D eigenvalue weighted by atomic mass is 9.98. The van der Waals surface area contributed by atoms with E-state index in [9.17, 15) is 10.1 Å². The summed E-state index contributed by atoms with van der Waals surface area (Å²) in [6.07, 6.45) is 1.97. The molecule has 4 rings (SSSR count). The number of oxazole rings is 1. The van der Waals surface area contributed by atoms with Gasteiger partial charge in [-0.05, 0) is 25.7 Å². The van der Waals surface area contributed by atoms with Crippen LogP contribution in [0.5, 0.6) is 0 Å². The summed E-state index contributed by atoms with van der Waals surface area (Å²) in [6, 6.07) is 21.9. The second-order valence-corrected chi connectivity index (χ2v) is 8.24. The van der Waals surface area contributed by atoms with Gasteiger partial charge in [0.1, 0.15) is 11.2 Å². The summed E-state index contributed by atoms with van der Waals surface area (Å²) in [4.78, 5) is 17.0. The first-order chi connectivity index (χ1) is 14.1. The molecule has 0 bridgehead atoms. The molecule has 1 saturated carbocycles. The number of hydrogen-bond acceptors (Lipinski definition) is 5. The zero-order chi connectivity index (χ0) is 20.3. The Bertz CT molecular complexity index is 982. The van der Waals surface area contributed by atoms with Crippen molar-refractivity contribution >= 4 is 17.7 Å². The molecular formula is C23H21N3O2S. The summed E-state index contributed by atoms with van der Waals surface area (Å²) in [5.41, 5.74) is 1.84. The van der Waals surface area contributed by atoms with Crippen LogP contribution in [-0.2, 0) is 4.79 Å². The number of carbonyl (C=O) groups is 1. The quantitative estimate of drug-likeness (QED) is 0.567. The fraction of sp³-hybridized carbons (Fsp3) is 0.261. The number of benzene rings is 2. The van der Waals surface area contributed by atoms with Gasteiger partial charge in [0, 0.05) is 11.1 Å². The van der Waals surface area contributed by atoms with Gasteiger partial charge >= 0.3 is 0 Å². The van der Waals surface area contributed by atoms with Crippen molar-refractivity contribution in [2.75, 3.05) is 5.75 Å². The van der Waals surface area contributed by atoms with Crippen molar-refractivity contribution in [3.63, 3.8) is 0 Å². The summed E-state index contributed by atoms with van der Waals surface area (Å²) in [5, 5.41) is 12.7. The Morgan fingerprint density at radius 3 is 2.38 bits per heavy atom. The molecule has 0 radical (unpaired) electrons. The first-order valence-corrected chi connectivity index (χ1v) is 10.5. The van der Waals surface area contributed by atoms with E-state index in [1.807, 2.05) is 60.7 Å². The molecule has 1 aliphatic rings. The molecule has 2 aromatic carbocycles. The summed E-state index contributed by atoms with van der Waals surface area (Å²) in [7, 11) is 0. The highest BCUT2D eigenvalue weighted by molar-refractivity contribution is 7.99. The van der Waals surface area contributed by atoms with Gasteiger partial charge in [0.25, 0.3) is 5.22 Å². The van der Waals surface area contributed by atoms with E-state index in [0.717, 1.165) is 29.7 Å². The number of thioether (sulfide) groups is 1. The molecule has 1 aliphatic carbocycles. The third-order valence-corrected chi connectivity index (χ3v) is 5.87. The predicted octanol–water partition coefficient (Wildman–Crippen LogP) is 4.91. The van der Waals surface area contributed by atoms with Crippen molar-refractivity contribution in [3.05, 3.63) is 60.7 Å². The lowest BCUT2D eigenvalue weighted by Crippen LogP contribution is -2.47. The fourth-order valence-electron chi connectivity index (χ4n) is 3.27. The van der Waals surface area contributed by atoms with Crippen molar-refractivity contribution in [3.8, 4) is 28.7 Å². The number of nitrogens with zero attached hydrogens (tertiary/aromatic N) is 2. The monoisotopic (exact) mass is 403 g/mol. The van der Waals surface area contributed by atoms with Gasteiger partial charge in [0.2, 0.25) is 5.91 Å². The van der Waals surface area contributed by atoms with E-state index in [1.165, 1.54) is 11.8 Å². The largest absolute Gasteiger partial charge is 0.431 e. The number of hydrogen-bond donors (Lipinski definition) is 1. The molecule has 1 fully saturated rings. The fourth-order valence-corrected chi connectivity index (χ4v) is 3.90. The van der Waals surface area contributed by atoms with Crippen LogP contribution in [0.4, 0.5) is 0 Å². The molecule has 1 atom stereocenters. The van der Waals surface area contributed by atoms with E-state index < -0.39 is 5.54 Å². The van der Waals surface area contributed by atoms with E-state index in [-0.39, 0.29) is 17.6 Å². The van der Waals surface area contributed by atoms with E-state index in [4.69, 9.17) is 4.42 Å². The van der Waals surface area contributed by atoms with Crippen LogP contribution in [0.1, 0.15) is 19.8 Å². The Hall–Kier alpha value is -3.04. The molecule has 146 valence electrons. The zero-order valence-corrected chi connectivity index (χ0v) is 16.9. The van der Waals surface area contributed by atoms with Gasteiger partial charge in [-0.25, -0.2) is 4.98 Å². The standard InChI is InChI=1S/C23H21N3O2S/c1-23(15-24,18-12-13-18)26-19(27)14-29-22-25-20(16-8-4-2-5-9-16)21(28-22)17-10-6-3-7-11-17/h2-11,18H,12-14H2,1H3,(H,26,27)/t23-/m0/s1. The summed E-state index contributed by atoms with van der Waals surface area (Å²) < 4.78 is 6.03. The van der Waals surface area contributed by atoms with E-state index in [0.29, 0.717) is 11.0 Å². The molecular weight excluding hydrogens is 382 g/mol. The number of carbonyl (C=O) groups excluding carboxylic acids is 1. The van der Waals surface area contributed by atoms with Crippen LogP contribution in [0, 0.1) is 17.2 Å². The minimum atomic E-state index is -0.793. The van der Waals surface area contributed by atoms with Crippen molar-refractivity contribution in [2.45, 2.75) is 30.5 Å². The smallest absolute Gasteiger partial charge is 0.257 e. The molecule has 3 aromatic rings. The van der Waals surface area contributed by atoms with Crippen LogP contribution in [0.2, 0.25) is 0 Å². The van der Waals surface area contributed by atoms with Gasteiger partial charge in [-0.1, -0.05) is 72.4 Å². The Morgan fingerprint density at radius 1 is 1.17 bits per heavy atom. The highest BCUT2D eigenvalue weighted by Gasteiger charge is 2.43. The van der Waals surface area contributed by atoms with Crippen LogP contribution >= 0.6 is 11.8 Å². The average Bonchev–Trinajstić information content (AvgIpc) is 3.54. The van der Waals surface area contributed by atoms with E-state index in [1.54, 1.807) is 6.92 Å². The molecule has 0 unspecified atom stereocenters. The summed E-state index contributed by atoms with van der Waals surface area (Å²) >= 11 is 1.24. The molecule has 1 heterocycles. The molecule has 1 amide bonds. The van der Waals surface area contributed by atoms with Crippen LogP contribution in [0.15, 0.2) is 70.3 Å². The summed E-state index contributed by atoms with van der Waals surface area (Å²) in [6.45, 7) is 1.79. The van der Waals surface area contributed by atoms with Crippen LogP contribution in [0.25, 0.3) is 22.6 Å². The highest BCUT2D eigenvalue weighted by Crippen LogP contribution is 2.39. The number of amides is 1. The molecule has 1 aromatic heterocycles. The number of nitriles is 1. The van der Waals surface area contributed by atoms with Crippen LogP contribution < -0.4 is 5.32 Å². The lowest BCUT2D eigenvalue weighted by Gasteiger charge is -2.22. The SMILES string of the molecule is C[C@@](C#N)(NC(=O)CSc1nc(-c2ccccc2)c(-c2ccccc2)o1)C1CC1. The first-order valence-electron chi connectivity index (χ1n) is 9.56. The average molecular weight is 404 g/mol. The van der Waals surface area contributed by atoms with E-state index in [2.05, 4.69) is 16.4 Å². The van der Waals surface area contributed by atoms with Gasteiger partial charge < -0.3 is 9.73 Å². The molecule has 0 spiro atoms. The maximum Gasteiger partial charge on any atom is 0.257 e. The second-order valence-electron chi connectivity index (χ2n) is 7.31. The second kappa shape index (κ2) is 8.14. The van der Waals surface area contributed by atoms with Gasteiger partial charge in [-0.15, -0.1) is 0 Å². The minimum absolute atomic E-state index is 0.146. The van der Waals surface area contributed by atoms with E-state index >= 15 is 0 Å². The minimum Gasteiger partial charge on any atom is -0.431 e. The van der Waals surface area contributed by atoms with Gasteiger partial charge in [-0.2, -0.15) is 5.26 Å². The summed E-state index contributed by atoms with van der Waals surface area (Å²) in [5.74, 6) is 0.885.